The minimum Gasteiger partial charge on any atom is -0.353 e. The van der Waals surface area contributed by atoms with Gasteiger partial charge in [0.2, 0.25) is 0 Å². The molecular formula is C17H23N3. The second kappa shape index (κ2) is 5.70. The molecule has 1 aromatic rings. The Morgan fingerprint density at radius 2 is 2.05 bits per heavy atom. The summed E-state index contributed by atoms with van der Waals surface area (Å²) in [7, 11) is 1.88. The highest BCUT2D eigenvalue weighted by Gasteiger charge is 2.34. The van der Waals surface area contributed by atoms with Crippen molar-refractivity contribution < 1.29 is 0 Å². The lowest BCUT2D eigenvalue weighted by Crippen LogP contribution is -2.44. The first-order valence-corrected chi connectivity index (χ1v) is 7.50. The largest absolute Gasteiger partial charge is 0.353 e. The van der Waals surface area contributed by atoms with Crippen molar-refractivity contribution in [1.82, 2.24) is 10.2 Å². The first-order valence-electron chi connectivity index (χ1n) is 7.50. The lowest BCUT2D eigenvalue weighted by Gasteiger charge is -2.30. The van der Waals surface area contributed by atoms with Gasteiger partial charge >= 0.3 is 0 Å². The quantitative estimate of drug-likeness (QED) is 0.660. The Labute approximate surface area is 121 Å². The first-order chi connectivity index (χ1) is 9.78. The van der Waals surface area contributed by atoms with Gasteiger partial charge in [0, 0.05) is 26.2 Å². The summed E-state index contributed by atoms with van der Waals surface area (Å²) in [6, 6.07) is 11.3. The van der Waals surface area contributed by atoms with Crippen molar-refractivity contribution in [1.29, 1.82) is 0 Å². The summed E-state index contributed by atoms with van der Waals surface area (Å²) in [4.78, 5) is 6.77. The van der Waals surface area contributed by atoms with Crippen molar-refractivity contribution in [2.24, 2.45) is 10.9 Å². The van der Waals surface area contributed by atoms with Crippen LogP contribution in [0, 0.1) is 5.92 Å². The average Bonchev–Trinajstić information content (AvgIpc) is 3.21. The third-order valence-corrected chi connectivity index (χ3v) is 4.29. The molecule has 2 unspecified atom stereocenters. The van der Waals surface area contributed by atoms with Crippen LogP contribution in [0.4, 0.5) is 0 Å². The maximum atomic E-state index is 4.43. The minimum absolute atomic E-state index is 0.633. The molecule has 1 N–H and O–H groups in total. The normalized spacial score (nSPS) is 26.2. The summed E-state index contributed by atoms with van der Waals surface area (Å²) < 4.78 is 0. The summed E-state index contributed by atoms with van der Waals surface area (Å²) in [6.07, 6.45) is 4.70. The van der Waals surface area contributed by atoms with Gasteiger partial charge in [-0.3, -0.25) is 4.99 Å². The van der Waals surface area contributed by atoms with Crippen molar-refractivity contribution in [3.63, 3.8) is 0 Å². The lowest BCUT2D eigenvalue weighted by atomic mass is 10.00. The van der Waals surface area contributed by atoms with Gasteiger partial charge in [-0.15, -0.1) is 0 Å². The van der Waals surface area contributed by atoms with Gasteiger partial charge in [0.1, 0.15) is 0 Å². The minimum atomic E-state index is 0.633. The van der Waals surface area contributed by atoms with Crippen molar-refractivity contribution in [3.8, 4) is 0 Å². The standard InChI is InChI=1S/C17H23N3/c1-13-12-16(13)19-17(18-2)20-10-8-15(9-11-20)14-6-4-3-5-7-14/h3-8,13,16H,9-12H2,1-2H3,(H,18,19). The number of rotatable bonds is 2. The fraction of sp³-hybridized carbons (Fsp3) is 0.471. The SMILES string of the molecule is CN=C(NC1CC1C)N1CC=C(c2ccccc2)CC1. The third kappa shape index (κ3) is 2.87. The number of benzene rings is 1. The topological polar surface area (TPSA) is 27.6 Å². The molecule has 3 heteroatoms. The van der Waals surface area contributed by atoms with Crippen LogP contribution in [0.1, 0.15) is 25.3 Å². The molecule has 1 saturated carbocycles. The summed E-state index contributed by atoms with van der Waals surface area (Å²) in [5.41, 5.74) is 2.81. The predicted molar refractivity (Wildman–Crippen MR) is 84.7 cm³/mol. The van der Waals surface area contributed by atoms with E-state index in [-0.39, 0.29) is 0 Å². The highest BCUT2D eigenvalue weighted by molar-refractivity contribution is 5.82. The number of guanidine groups is 1. The molecule has 0 radical (unpaired) electrons. The summed E-state index contributed by atoms with van der Waals surface area (Å²) in [5.74, 6) is 1.86. The Bertz CT molecular complexity index is 518. The van der Waals surface area contributed by atoms with Crippen LogP contribution in [0.15, 0.2) is 41.4 Å². The third-order valence-electron chi connectivity index (χ3n) is 4.29. The van der Waals surface area contributed by atoms with E-state index >= 15 is 0 Å². The molecule has 20 heavy (non-hydrogen) atoms. The molecule has 2 aliphatic rings. The number of nitrogens with zero attached hydrogens (tertiary/aromatic N) is 2. The van der Waals surface area contributed by atoms with Crippen LogP contribution >= 0.6 is 0 Å². The van der Waals surface area contributed by atoms with Crippen molar-refractivity contribution in [2.75, 3.05) is 20.1 Å². The van der Waals surface area contributed by atoms with Gasteiger partial charge in [0.05, 0.1) is 0 Å². The zero-order valence-corrected chi connectivity index (χ0v) is 12.3. The molecular weight excluding hydrogens is 246 g/mol. The summed E-state index contributed by atoms with van der Waals surface area (Å²) in [5, 5.41) is 3.56. The van der Waals surface area contributed by atoms with Crippen molar-refractivity contribution in [2.45, 2.75) is 25.8 Å². The van der Waals surface area contributed by atoms with E-state index in [1.165, 1.54) is 17.6 Å². The van der Waals surface area contributed by atoms with E-state index in [2.05, 4.69) is 58.5 Å². The predicted octanol–water partition coefficient (Wildman–Crippen LogP) is 2.76. The molecule has 0 bridgehead atoms. The Hall–Kier alpha value is -1.77. The van der Waals surface area contributed by atoms with Crippen LogP contribution in [0.2, 0.25) is 0 Å². The highest BCUT2D eigenvalue weighted by Crippen LogP contribution is 2.29. The Balaban J connectivity index is 1.63. The highest BCUT2D eigenvalue weighted by atomic mass is 15.3. The van der Waals surface area contributed by atoms with Gasteiger partial charge < -0.3 is 10.2 Å². The monoisotopic (exact) mass is 269 g/mol. The van der Waals surface area contributed by atoms with Crippen LogP contribution in [0.5, 0.6) is 0 Å². The fourth-order valence-corrected chi connectivity index (χ4v) is 2.76. The van der Waals surface area contributed by atoms with Crippen LogP contribution < -0.4 is 5.32 Å². The Morgan fingerprint density at radius 3 is 2.60 bits per heavy atom. The molecule has 0 saturated heterocycles. The Morgan fingerprint density at radius 1 is 1.30 bits per heavy atom. The Kier molecular flexibility index (Phi) is 3.77. The van der Waals surface area contributed by atoms with E-state index in [9.17, 15) is 0 Å². The number of nitrogens with one attached hydrogen (secondary N) is 1. The van der Waals surface area contributed by atoms with E-state index in [0.717, 1.165) is 31.4 Å². The molecule has 0 spiro atoms. The molecule has 2 atom stereocenters. The van der Waals surface area contributed by atoms with Gasteiger partial charge in [-0.2, -0.15) is 0 Å². The molecule has 1 aromatic carbocycles. The number of aliphatic imine (C=N–C) groups is 1. The van der Waals surface area contributed by atoms with Gasteiger partial charge in [-0.1, -0.05) is 43.3 Å². The van der Waals surface area contributed by atoms with Crippen molar-refractivity contribution >= 4 is 11.5 Å². The lowest BCUT2D eigenvalue weighted by molar-refractivity contribution is 0.438. The summed E-state index contributed by atoms with van der Waals surface area (Å²) >= 11 is 0. The number of hydrogen-bond acceptors (Lipinski definition) is 1. The van der Waals surface area contributed by atoms with Crippen LogP contribution in [-0.4, -0.2) is 37.0 Å². The second-order valence-corrected chi connectivity index (χ2v) is 5.80. The van der Waals surface area contributed by atoms with Gasteiger partial charge in [-0.25, -0.2) is 0 Å². The van der Waals surface area contributed by atoms with E-state index in [1.54, 1.807) is 0 Å². The van der Waals surface area contributed by atoms with Gasteiger partial charge in [0.25, 0.3) is 0 Å². The molecule has 1 fully saturated rings. The smallest absolute Gasteiger partial charge is 0.194 e. The molecule has 1 aliphatic carbocycles. The maximum Gasteiger partial charge on any atom is 0.194 e. The first kappa shape index (κ1) is 13.2. The van der Waals surface area contributed by atoms with Crippen LogP contribution in [0.25, 0.3) is 5.57 Å². The van der Waals surface area contributed by atoms with Gasteiger partial charge in [0.15, 0.2) is 5.96 Å². The zero-order chi connectivity index (χ0) is 13.9. The summed E-state index contributed by atoms with van der Waals surface area (Å²) in [6.45, 7) is 4.28. The fourth-order valence-electron chi connectivity index (χ4n) is 2.76. The average molecular weight is 269 g/mol. The molecule has 1 aliphatic heterocycles. The molecule has 106 valence electrons. The maximum absolute atomic E-state index is 4.43. The van der Waals surface area contributed by atoms with Crippen LogP contribution in [-0.2, 0) is 0 Å². The van der Waals surface area contributed by atoms with E-state index < -0.39 is 0 Å². The molecule has 0 amide bonds. The van der Waals surface area contributed by atoms with Gasteiger partial charge in [-0.05, 0) is 29.9 Å². The van der Waals surface area contributed by atoms with E-state index in [1.807, 2.05) is 7.05 Å². The van der Waals surface area contributed by atoms with Crippen molar-refractivity contribution in [3.05, 3.63) is 42.0 Å². The molecule has 3 rings (SSSR count). The van der Waals surface area contributed by atoms with E-state index in [0.29, 0.717) is 6.04 Å². The zero-order valence-electron chi connectivity index (χ0n) is 12.3. The number of hydrogen-bond donors (Lipinski definition) is 1. The molecule has 1 heterocycles. The second-order valence-electron chi connectivity index (χ2n) is 5.80. The van der Waals surface area contributed by atoms with Crippen LogP contribution in [0.3, 0.4) is 0 Å². The molecule has 3 nitrogen and oxygen atoms in total. The molecule has 0 aromatic heterocycles. The van der Waals surface area contributed by atoms with E-state index in [4.69, 9.17) is 0 Å².